The average Bonchev–Trinajstić information content (AvgIpc) is 2.27. The fourth-order valence-corrected chi connectivity index (χ4v) is 1.88. The Kier molecular flexibility index (Phi) is 4.35. The van der Waals surface area contributed by atoms with Crippen LogP contribution in [0.5, 0.6) is 5.75 Å². The summed E-state index contributed by atoms with van der Waals surface area (Å²) < 4.78 is 4.69. The summed E-state index contributed by atoms with van der Waals surface area (Å²) >= 11 is 0. The average molecular weight is 264 g/mol. The van der Waals surface area contributed by atoms with E-state index < -0.39 is 11.8 Å². The maximum Gasteiger partial charge on any atom is 0.379 e. The number of esters is 1. The molecular weight excluding hydrogens is 244 g/mol. The van der Waals surface area contributed by atoms with E-state index in [-0.39, 0.29) is 23.3 Å². The van der Waals surface area contributed by atoms with Gasteiger partial charge in [-0.25, -0.2) is 4.79 Å². The molecule has 19 heavy (non-hydrogen) atoms. The Bertz CT molecular complexity index is 510. The van der Waals surface area contributed by atoms with Crippen LogP contribution in [0.1, 0.15) is 49.2 Å². The lowest BCUT2D eigenvalue weighted by Crippen LogP contribution is -2.20. The number of carbonyl (C=O) groups excluding carboxylic acids is 2. The van der Waals surface area contributed by atoms with E-state index in [0.717, 1.165) is 0 Å². The quantitative estimate of drug-likeness (QED) is 0.518. The molecule has 0 saturated heterocycles. The standard InChI is InChI=1S/C15H20O4/c1-6-19-14(18)13(17)11-9(2)7-8-10(12(11)16)15(3,4)5/h7-8,16H,6H2,1-5H3. The van der Waals surface area contributed by atoms with Gasteiger partial charge in [0.25, 0.3) is 5.78 Å². The Hall–Kier alpha value is -1.84. The van der Waals surface area contributed by atoms with Crippen molar-refractivity contribution in [2.45, 2.75) is 40.0 Å². The highest BCUT2D eigenvalue weighted by Gasteiger charge is 2.28. The van der Waals surface area contributed by atoms with Crippen LogP contribution in [-0.4, -0.2) is 23.5 Å². The molecular formula is C15H20O4. The Morgan fingerprint density at radius 3 is 2.32 bits per heavy atom. The van der Waals surface area contributed by atoms with Crippen molar-refractivity contribution in [1.29, 1.82) is 0 Å². The summed E-state index contributed by atoms with van der Waals surface area (Å²) in [5.74, 6) is -1.87. The van der Waals surface area contributed by atoms with Crippen LogP contribution in [0.2, 0.25) is 0 Å². The first-order valence-electron chi connectivity index (χ1n) is 6.24. The van der Waals surface area contributed by atoms with Gasteiger partial charge >= 0.3 is 5.97 Å². The van der Waals surface area contributed by atoms with E-state index in [1.165, 1.54) is 0 Å². The molecule has 1 aromatic rings. The maximum absolute atomic E-state index is 12.0. The third kappa shape index (κ3) is 3.13. The number of phenols is 1. The Balaban J connectivity index is 3.36. The van der Waals surface area contributed by atoms with Gasteiger partial charge in [-0.3, -0.25) is 4.79 Å². The number of carbonyl (C=O) groups is 2. The third-order valence-electron chi connectivity index (χ3n) is 2.88. The Morgan fingerprint density at radius 2 is 1.84 bits per heavy atom. The zero-order valence-electron chi connectivity index (χ0n) is 12.0. The lowest BCUT2D eigenvalue weighted by atomic mass is 9.83. The molecule has 0 aromatic heterocycles. The summed E-state index contributed by atoms with van der Waals surface area (Å²) in [5.41, 5.74) is 0.904. The smallest absolute Gasteiger partial charge is 0.379 e. The number of aryl methyl sites for hydroxylation is 1. The first-order valence-corrected chi connectivity index (χ1v) is 6.24. The summed E-state index contributed by atoms with van der Waals surface area (Å²) in [6, 6.07) is 3.50. The molecule has 1 rings (SSSR count). The van der Waals surface area contributed by atoms with Crippen LogP contribution < -0.4 is 0 Å². The third-order valence-corrected chi connectivity index (χ3v) is 2.88. The number of hydrogen-bond acceptors (Lipinski definition) is 4. The second kappa shape index (κ2) is 5.43. The second-order valence-corrected chi connectivity index (χ2v) is 5.45. The van der Waals surface area contributed by atoms with Crippen molar-refractivity contribution in [1.82, 2.24) is 0 Å². The van der Waals surface area contributed by atoms with Gasteiger partial charge in [0.1, 0.15) is 5.75 Å². The predicted octanol–water partition coefficient (Wildman–Crippen LogP) is 2.74. The number of benzene rings is 1. The molecule has 1 aromatic carbocycles. The van der Waals surface area contributed by atoms with E-state index in [9.17, 15) is 14.7 Å². The number of ether oxygens (including phenoxy) is 1. The summed E-state index contributed by atoms with van der Waals surface area (Å²) in [7, 11) is 0. The molecule has 0 heterocycles. The number of phenolic OH excluding ortho intramolecular Hbond substituents is 1. The van der Waals surface area contributed by atoms with Crippen molar-refractivity contribution >= 4 is 11.8 Å². The van der Waals surface area contributed by atoms with Crippen molar-refractivity contribution in [3.8, 4) is 5.75 Å². The van der Waals surface area contributed by atoms with Gasteiger partial charge in [-0.2, -0.15) is 0 Å². The van der Waals surface area contributed by atoms with E-state index in [2.05, 4.69) is 0 Å². The molecule has 0 aliphatic heterocycles. The minimum absolute atomic E-state index is 0.0332. The zero-order chi connectivity index (χ0) is 14.8. The number of Topliss-reactive ketones (excluding diaryl/α,β-unsaturated/α-hetero) is 1. The molecule has 0 spiro atoms. The molecule has 0 aliphatic rings. The number of ketones is 1. The maximum atomic E-state index is 12.0. The van der Waals surface area contributed by atoms with Gasteiger partial charge in [0, 0.05) is 5.56 Å². The van der Waals surface area contributed by atoms with Crippen molar-refractivity contribution < 1.29 is 19.4 Å². The molecule has 0 bridgehead atoms. The molecule has 0 amide bonds. The molecule has 0 radical (unpaired) electrons. The molecule has 0 fully saturated rings. The fraction of sp³-hybridized carbons (Fsp3) is 0.467. The Morgan fingerprint density at radius 1 is 1.26 bits per heavy atom. The van der Waals surface area contributed by atoms with E-state index in [1.807, 2.05) is 20.8 Å². The lowest BCUT2D eigenvalue weighted by molar-refractivity contribution is -0.137. The largest absolute Gasteiger partial charge is 0.507 e. The summed E-state index contributed by atoms with van der Waals surface area (Å²) in [5, 5.41) is 10.3. The van der Waals surface area contributed by atoms with Gasteiger partial charge in [0.05, 0.1) is 12.2 Å². The van der Waals surface area contributed by atoms with Gasteiger partial charge in [0.15, 0.2) is 0 Å². The SMILES string of the molecule is CCOC(=O)C(=O)c1c(C)ccc(C(C)(C)C)c1O. The monoisotopic (exact) mass is 264 g/mol. The molecule has 4 heteroatoms. The van der Waals surface area contributed by atoms with Crippen molar-refractivity contribution in [3.05, 3.63) is 28.8 Å². The van der Waals surface area contributed by atoms with Gasteiger partial charge in [0.2, 0.25) is 0 Å². The highest BCUT2D eigenvalue weighted by Crippen LogP contribution is 2.35. The first-order chi connectivity index (χ1) is 8.70. The lowest BCUT2D eigenvalue weighted by Gasteiger charge is -2.22. The van der Waals surface area contributed by atoms with Crippen LogP contribution >= 0.6 is 0 Å². The zero-order valence-corrected chi connectivity index (χ0v) is 12.0. The molecule has 0 unspecified atom stereocenters. The van der Waals surface area contributed by atoms with E-state index in [4.69, 9.17) is 4.74 Å². The first kappa shape index (κ1) is 15.2. The summed E-state index contributed by atoms with van der Waals surface area (Å²) in [6.07, 6.45) is 0. The highest BCUT2D eigenvalue weighted by molar-refractivity contribution is 6.41. The predicted molar refractivity (Wildman–Crippen MR) is 72.5 cm³/mol. The topological polar surface area (TPSA) is 63.6 Å². The molecule has 4 nitrogen and oxygen atoms in total. The van der Waals surface area contributed by atoms with E-state index in [0.29, 0.717) is 11.1 Å². The van der Waals surface area contributed by atoms with Crippen LogP contribution in [0, 0.1) is 6.92 Å². The highest BCUT2D eigenvalue weighted by atomic mass is 16.5. The van der Waals surface area contributed by atoms with Crippen LogP contribution in [0.3, 0.4) is 0 Å². The normalized spacial score (nSPS) is 11.2. The minimum Gasteiger partial charge on any atom is -0.507 e. The number of hydrogen-bond donors (Lipinski definition) is 1. The van der Waals surface area contributed by atoms with Crippen LogP contribution in [0.25, 0.3) is 0 Å². The van der Waals surface area contributed by atoms with Gasteiger partial charge in [-0.1, -0.05) is 32.9 Å². The van der Waals surface area contributed by atoms with Crippen LogP contribution in [-0.2, 0) is 14.9 Å². The molecule has 1 N–H and O–H groups in total. The van der Waals surface area contributed by atoms with Crippen molar-refractivity contribution in [3.63, 3.8) is 0 Å². The summed E-state index contributed by atoms with van der Waals surface area (Å²) in [4.78, 5) is 23.5. The van der Waals surface area contributed by atoms with E-state index >= 15 is 0 Å². The van der Waals surface area contributed by atoms with Gasteiger partial charge < -0.3 is 9.84 Å². The molecule has 0 saturated carbocycles. The van der Waals surface area contributed by atoms with Crippen LogP contribution in [0.4, 0.5) is 0 Å². The van der Waals surface area contributed by atoms with Crippen molar-refractivity contribution in [2.24, 2.45) is 0 Å². The van der Waals surface area contributed by atoms with Crippen molar-refractivity contribution in [2.75, 3.05) is 6.61 Å². The Labute approximate surface area is 113 Å². The summed E-state index contributed by atoms with van der Waals surface area (Å²) in [6.45, 7) is 9.22. The molecule has 0 aliphatic carbocycles. The molecule has 0 atom stereocenters. The number of aromatic hydroxyl groups is 1. The molecule has 104 valence electrons. The number of rotatable bonds is 3. The van der Waals surface area contributed by atoms with Crippen LogP contribution in [0.15, 0.2) is 12.1 Å². The second-order valence-electron chi connectivity index (χ2n) is 5.45. The minimum atomic E-state index is -0.938. The van der Waals surface area contributed by atoms with Gasteiger partial charge in [-0.05, 0) is 24.8 Å². The van der Waals surface area contributed by atoms with Gasteiger partial charge in [-0.15, -0.1) is 0 Å². The fourth-order valence-electron chi connectivity index (χ4n) is 1.88. The van der Waals surface area contributed by atoms with E-state index in [1.54, 1.807) is 26.0 Å².